The zero-order chi connectivity index (χ0) is 29.8. The second kappa shape index (κ2) is 12.8. The number of fused-ring (bicyclic) bond motifs is 1. The monoisotopic (exact) mass is 622 g/mol. The molecule has 1 fully saturated rings. The molecule has 12 nitrogen and oxygen atoms in total. The molecular formula is C29H28Cl2N8O4. The second-order valence-electron chi connectivity index (χ2n) is 10.00. The van der Waals surface area contributed by atoms with Crippen molar-refractivity contribution >= 4 is 46.6 Å². The third-order valence-electron chi connectivity index (χ3n) is 7.12. The number of urea groups is 1. The number of carbonyl (C=O) groups excluding carboxylic acids is 2. The van der Waals surface area contributed by atoms with Crippen molar-refractivity contribution in [3.8, 4) is 17.4 Å². The fraction of sp³-hybridized carbons (Fsp3) is 0.276. The minimum absolute atomic E-state index is 0.0787. The number of nitrogens with zero attached hydrogens (tertiary/aromatic N) is 6. The molecule has 43 heavy (non-hydrogen) atoms. The summed E-state index contributed by atoms with van der Waals surface area (Å²) in [4.78, 5) is 43.5. The van der Waals surface area contributed by atoms with Crippen LogP contribution in [0, 0.1) is 0 Å². The smallest absolute Gasteiger partial charge is 0.322 e. The van der Waals surface area contributed by atoms with Gasteiger partial charge in [-0.2, -0.15) is 4.98 Å². The summed E-state index contributed by atoms with van der Waals surface area (Å²) in [6.45, 7) is 2.55. The summed E-state index contributed by atoms with van der Waals surface area (Å²) in [5.41, 5.74) is 1.38. The van der Waals surface area contributed by atoms with E-state index in [-0.39, 0.29) is 18.4 Å². The van der Waals surface area contributed by atoms with Gasteiger partial charge in [0.25, 0.3) is 0 Å². The molecular weight excluding hydrogens is 595 g/mol. The molecule has 1 saturated heterocycles. The summed E-state index contributed by atoms with van der Waals surface area (Å²) < 4.78 is 13.0. The van der Waals surface area contributed by atoms with Gasteiger partial charge in [0.15, 0.2) is 11.5 Å². The Bertz CT molecular complexity index is 1620. The minimum Gasteiger partial charge on any atom is -0.486 e. The van der Waals surface area contributed by atoms with Crippen LogP contribution in [0.15, 0.2) is 67.4 Å². The summed E-state index contributed by atoms with van der Waals surface area (Å²) in [5, 5.41) is 6.58. The van der Waals surface area contributed by atoms with Crippen LogP contribution in [0.25, 0.3) is 5.95 Å². The number of piperazine rings is 1. The maximum absolute atomic E-state index is 13.5. The molecule has 0 spiro atoms. The number of benzene rings is 2. The van der Waals surface area contributed by atoms with Gasteiger partial charge in [-0.25, -0.2) is 14.8 Å². The first-order valence-corrected chi connectivity index (χ1v) is 14.4. The van der Waals surface area contributed by atoms with E-state index in [1.165, 1.54) is 0 Å². The summed E-state index contributed by atoms with van der Waals surface area (Å²) >= 11 is 12.2. The van der Waals surface area contributed by atoms with Crippen molar-refractivity contribution in [2.75, 3.05) is 43.1 Å². The van der Waals surface area contributed by atoms with Gasteiger partial charge in [-0.15, -0.1) is 0 Å². The minimum atomic E-state index is -0.455. The van der Waals surface area contributed by atoms with E-state index in [1.54, 1.807) is 52.6 Å². The first kappa shape index (κ1) is 28.6. The number of anilines is 2. The molecule has 1 atom stereocenters. The van der Waals surface area contributed by atoms with Gasteiger partial charge >= 0.3 is 6.03 Å². The Morgan fingerprint density at radius 3 is 2.65 bits per heavy atom. The number of ether oxygens (including phenoxy) is 2. The Kier molecular flexibility index (Phi) is 8.47. The molecule has 0 aliphatic carbocycles. The van der Waals surface area contributed by atoms with E-state index in [2.05, 4.69) is 25.6 Å². The second-order valence-corrected chi connectivity index (χ2v) is 10.8. The van der Waals surface area contributed by atoms with Gasteiger partial charge in [0.1, 0.15) is 25.4 Å². The highest BCUT2D eigenvalue weighted by atomic mass is 35.5. The number of rotatable bonds is 7. The molecule has 3 amide bonds. The number of amides is 3. The number of aromatic nitrogens is 4. The van der Waals surface area contributed by atoms with E-state index in [9.17, 15) is 9.59 Å². The van der Waals surface area contributed by atoms with Gasteiger partial charge in [-0.1, -0.05) is 29.3 Å². The highest BCUT2D eigenvalue weighted by molar-refractivity contribution is 6.42. The molecule has 0 radical (unpaired) electrons. The zero-order valence-electron chi connectivity index (χ0n) is 23.0. The third-order valence-corrected chi connectivity index (χ3v) is 7.86. The molecule has 2 N–H and O–H groups in total. The molecule has 2 aromatic carbocycles. The Labute approximate surface area is 257 Å². The van der Waals surface area contributed by atoms with Crippen LogP contribution in [0.1, 0.15) is 12.0 Å². The highest BCUT2D eigenvalue weighted by Crippen LogP contribution is 2.31. The molecule has 1 unspecified atom stereocenters. The van der Waals surface area contributed by atoms with Crippen LogP contribution in [0.3, 0.4) is 0 Å². The fourth-order valence-corrected chi connectivity index (χ4v) is 5.27. The topological polar surface area (TPSA) is 127 Å². The van der Waals surface area contributed by atoms with E-state index >= 15 is 0 Å². The van der Waals surface area contributed by atoms with E-state index in [0.29, 0.717) is 78.4 Å². The number of imidazole rings is 1. The van der Waals surface area contributed by atoms with E-state index in [0.717, 1.165) is 5.56 Å². The molecule has 222 valence electrons. The van der Waals surface area contributed by atoms with Gasteiger partial charge in [0.05, 0.1) is 16.1 Å². The lowest BCUT2D eigenvalue weighted by atomic mass is 10.1. The van der Waals surface area contributed by atoms with Gasteiger partial charge in [0, 0.05) is 56.9 Å². The van der Waals surface area contributed by atoms with Crippen LogP contribution in [-0.2, 0) is 11.3 Å². The average Bonchev–Trinajstić information content (AvgIpc) is 3.57. The number of carbonyl (C=O) groups is 2. The fourth-order valence-electron chi connectivity index (χ4n) is 4.98. The molecule has 2 aliphatic heterocycles. The number of nitrogens with one attached hydrogen (secondary N) is 2. The van der Waals surface area contributed by atoms with Crippen LogP contribution >= 0.6 is 23.2 Å². The SMILES string of the molecule is O=C(CC1CN(c2ccnc(-n3ccnc3)n2)CCN1C(=O)Nc1ccc(Cl)c(Cl)c1)NCc1ccc2c(c1)OCCO2. The summed E-state index contributed by atoms with van der Waals surface area (Å²) in [6, 6.07) is 11.5. The van der Waals surface area contributed by atoms with Gasteiger partial charge < -0.3 is 29.9 Å². The standard InChI is InChI=1S/C29H28Cl2N8O4/c30-22-3-2-20(14-23(22)31)35-29(41)39-10-9-37(26-5-6-33-28(36-26)38-8-7-32-18-38)17-21(39)15-27(40)34-16-19-1-4-24-25(13-19)43-12-11-42-24/h1-8,13-14,18,21H,9-12,15-17H2,(H,34,40)(H,35,41). The predicted octanol–water partition coefficient (Wildman–Crippen LogP) is 4.17. The van der Waals surface area contributed by atoms with Crippen molar-refractivity contribution in [1.82, 2.24) is 29.7 Å². The van der Waals surface area contributed by atoms with Gasteiger partial charge in [-0.3, -0.25) is 9.36 Å². The summed E-state index contributed by atoms with van der Waals surface area (Å²) in [7, 11) is 0. The van der Waals surface area contributed by atoms with Gasteiger partial charge in [0.2, 0.25) is 11.9 Å². The quantitative estimate of drug-likeness (QED) is 0.314. The molecule has 2 aliphatic rings. The largest absolute Gasteiger partial charge is 0.486 e. The first-order valence-electron chi connectivity index (χ1n) is 13.7. The first-order chi connectivity index (χ1) is 20.9. The maximum Gasteiger partial charge on any atom is 0.322 e. The lowest BCUT2D eigenvalue weighted by molar-refractivity contribution is -0.122. The molecule has 0 bridgehead atoms. The lowest BCUT2D eigenvalue weighted by Gasteiger charge is -2.41. The van der Waals surface area contributed by atoms with Crippen LogP contribution < -0.4 is 25.0 Å². The molecule has 2 aromatic heterocycles. The zero-order valence-corrected chi connectivity index (χ0v) is 24.5. The van der Waals surface area contributed by atoms with E-state index in [4.69, 9.17) is 32.7 Å². The number of hydrogen-bond acceptors (Lipinski definition) is 8. The summed E-state index contributed by atoms with van der Waals surface area (Å²) in [5.74, 6) is 2.31. The molecule has 14 heteroatoms. The summed E-state index contributed by atoms with van der Waals surface area (Å²) in [6.07, 6.45) is 6.80. The van der Waals surface area contributed by atoms with Crippen LogP contribution in [0.4, 0.5) is 16.3 Å². The molecule has 6 rings (SSSR count). The Balaban J connectivity index is 1.17. The maximum atomic E-state index is 13.5. The van der Waals surface area contributed by atoms with Crippen molar-refractivity contribution in [2.24, 2.45) is 0 Å². The van der Waals surface area contributed by atoms with Crippen molar-refractivity contribution in [2.45, 2.75) is 19.0 Å². The van der Waals surface area contributed by atoms with Crippen LogP contribution in [0.5, 0.6) is 11.5 Å². The van der Waals surface area contributed by atoms with Crippen molar-refractivity contribution in [3.63, 3.8) is 0 Å². The average molecular weight is 624 g/mol. The van der Waals surface area contributed by atoms with Crippen LogP contribution in [-0.4, -0.2) is 75.2 Å². The predicted molar refractivity (Wildman–Crippen MR) is 161 cm³/mol. The normalized spacial score (nSPS) is 16.1. The lowest BCUT2D eigenvalue weighted by Crippen LogP contribution is -2.57. The van der Waals surface area contributed by atoms with Crippen LogP contribution in [0.2, 0.25) is 10.0 Å². The van der Waals surface area contributed by atoms with Crippen molar-refractivity contribution in [1.29, 1.82) is 0 Å². The van der Waals surface area contributed by atoms with Crippen molar-refractivity contribution < 1.29 is 19.1 Å². The van der Waals surface area contributed by atoms with Crippen molar-refractivity contribution in [3.05, 3.63) is 83.0 Å². The Morgan fingerprint density at radius 1 is 0.977 bits per heavy atom. The Morgan fingerprint density at radius 2 is 1.84 bits per heavy atom. The van der Waals surface area contributed by atoms with E-state index < -0.39 is 6.04 Å². The molecule has 4 aromatic rings. The van der Waals surface area contributed by atoms with E-state index in [1.807, 2.05) is 29.2 Å². The number of halogens is 2. The van der Waals surface area contributed by atoms with Gasteiger partial charge in [-0.05, 0) is 42.0 Å². The number of hydrogen-bond donors (Lipinski definition) is 2. The molecule has 4 heterocycles. The molecule has 0 saturated carbocycles. The highest BCUT2D eigenvalue weighted by Gasteiger charge is 2.33. The Hall–Kier alpha value is -4.55. The third kappa shape index (κ3) is 6.76.